The summed E-state index contributed by atoms with van der Waals surface area (Å²) in [5, 5.41) is 13.3. The fourth-order valence-electron chi connectivity index (χ4n) is 2.02. The van der Waals surface area contributed by atoms with E-state index in [0.717, 1.165) is 25.1 Å². The molecule has 2 heterocycles. The van der Waals surface area contributed by atoms with Crippen LogP contribution in [0.15, 0.2) is 6.07 Å². The standard InChI is InChI=1S/C11H16N2O3/c1-2-13-10(11(14)15)6-9(12-13)8-4-3-5-16-7-8/h6,8H,2-5,7H2,1H3,(H,14,15). The Morgan fingerprint density at radius 2 is 2.56 bits per heavy atom. The molecule has 0 aliphatic carbocycles. The number of nitrogens with zero attached hydrogens (tertiary/aromatic N) is 2. The zero-order valence-electron chi connectivity index (χ0n) is 9.35. The van der Waals surface area contributed by atoms with Crippen LogP contribution in [0.4, 0.5) is 0 Å². The first-order valence-electron chi connectivity index (χ1n) is 5.61. The number of aromatic carboxylic acids is 1. The average Bonchev–Trinajstić information content (AvgIpc) is 2.74. The zero-order valence-corrected chi connectivity index (χ0v) is 9.35. The maximum atomic E-state index is 11.0. The van der Waals surface area contributed by atoms with Gasteiger partial charge in [-0.1, -0.05) is 0 Å². The number of carboxylic acids is 1. The molecule has 1 aromatic rings. The molecule has 16 heavy (non-hydrogen) atoms. The van der Waals surface area contributed by atoms with Crippen molar-refractivity contribution in [1.29, 1.82) is 0 Å². The Morgan fingerprint density at radius 3 is 3.06 bits per heavy atom. The summed E-state index contributed by atoms with van der Waals surface area (Å²) in [6.45, 7) is 3.92. The van der Waals surface area contributed by atoms with Gasteiger partial charge in [-0.3, -0.25) is 4.68 Å². The maximum absolute atomic E-state index is 11.0. The van der Waals surface area contributed by atoms with E-state index in [-0.39, 0.29) is 11.6 Å². The highest BCUT2D eigenvalue weighted by atomic mass is 16.5. The maximum Gasteiger partial charge on any atom is 0.354 e. The quantitative estimate of drug-likeness (QED) is 0.845. The van der Waals surface area contributed by atoms with Gasteiger partial charge in [0.1, 0.15) is 5.69 Å². The molecule has 1 N–H and O–H groups in total. The molecule has 2 rings (SSSR count). The van der Waals surface area contributed by atoms with Crippen LogP contribution in [-0.4, -0.2) is 34.1 Å². The van der Waals surface area contributed by atoms with Crippen LogP contribution in [0.3, 0.4) is 0 Å². The van der Waals surface area contributed by atoms with Crippen LogP contribution in [0.25, 0.3) is 0 Å². The topological polar surface area (TPSA) is 64.4 Å². The molecule has 88 valence electrons. The molecule has 1 saturated heterocycles. The number of rotatable bonds is 3. The Bertz CT molecular complexity index is 381. The largest absolute Gasteiger partial charge is 0.477 e. The molecule has 5 heteroatoms. The van der Waals surface area contributed by atoms with Crippen molar-refractivity contribution in [2.75, 3.05) is 13.2 Å². The first-order valence-corrected chi connectivity index (χ1v) is 5.61. The number of aryl methyl sites for hydroxylation is 1. The van der Waals surface area contributed by atoms with Gasteiger partial charge in [0.05, 0.1) is 12.3 Å². The molecule has 1 aliphatic heterocycles. The summed E-state index contributed by atoms with van der Waals surface area (Å²) < 4.78 is 6.92. The summed E-state index contributed by atoms with van der Waals surface area (Å²) in [4.78, 5) is 11.0. The summed E-state index contributed by atoms with van der Waals surface area (Å²) in [7, 11) is 0. The second-order valence-electron chi connectivity index (χ2n) is 3.99. The van der Waals surface area contributed by atoms with Crippen LogP contribution in [0, 0.1) is 0 Å². The molecule has 0 radical (unpaired) electrons. The number of aromatic nitrogens is 2. The molecule has 1 aromatic heterocycles. The van der Waals surface area contributed by atoms with Crippen molar-refractivity contribution in [2.24, 2.45) is 0 Å². The molecular weight excluding hydrogens is 208 g/mol. The highest BCUT2D eigenvalue weighted by Crippen LogP contribution is 2.24. The minimum Gasteiger partial charge on any atom is -0.477 e. The van der Waals surface area contributed by atoms with Gasteiger partial charge in [0.15, 0.2) is 0 Å². The van der Waals surface area contributed by atoms with Crippen LogP contribution in [0.1, 0.15) is 41.9 Å². The lowest BCUT2D eigenvalue weighted by atomic mass is 9.98. The van der Waals surface area contributed by atoms with Crippen molar-refractivity contribution in [1.82, 2.24) is 9.78 Å². The summed E-state index contributed by atoms with van der Waals surface area (Å²) in [6, 6.07) is 1.67. The van der Waals surface area contributed by atoms with Crippen LogP contribution in [0.2, 0.25) is 0 Å². The van der Waals surface area contributed by atoms with E-state index < -0.39 is 5.97 Å². The van der Waals surface area contributed by atoms with E-state index in [1.807, 2.05) is 6.92 Å². The Kier molecular flexibility index (Phi) is 3.24. The Hall–Kier alpha value is -1.36. The normalized spacial score (nSPS) is 20.9. The molecule has 1 atom stereocenters. The van der Waals surface area contributed by atoms with E-state index in [9.17, 15) is 4.79 Å². The van der Waals surface area contributed by atoms with Crippen molar-refractivity contribution < 1.29 is 14.6 Å². The number of ether oxygens (including phenoxy) is 1. The predicted molar refractivity (Wildman–Crippen MR) is 57.7 cm³/mol. The molecular formula is C11H16N2O3. The van der Waals surface area contributed by atoms with Crippen molar-refractivity contribution in [3.05, 3.63) is 17.5 Å². The van der Waals surface area contributed by atoms with Crippen molar-refractivity contribution in [3.8, 4) is 0 Å². The monoisotopic (exact) mass is 224 g/mol. The van der Waals surface area contributed by atoms with E-state index in [4.69, 9.17) is 9.84 Å². The molecule has 0 saturated carbocycles. The third kappa shape index (κ3) is 2.09. The predicted octanol–water partition coefficient (Wildman–Crippen LogP) is 1.50. The SMILES string of the molecule is CCn1nc(C2CCCOC2)cc1C(=O)O. The molecule has 0 aromatic carbocycles. The lowest BCUT2D eigenvalue weighted by Gasteiger charge is -2.19. The average molecular weight is 224 g/mol. The molecule has 0 bridgehead atoms. The highest BCUT2D eigenvalue weighted by Gasteiger charge is 2.22. The van der Waals surface area contributed by atoms with Crippen LogP contribution >= 0.6 is 0 Å². The highest BCUT2D eigenvalue weighted by molar-refractivity contribution is 5.85. The van der Waals surface area contributed by atoms with Crippen LogP contribution in [0.5, 0.6) is 0 Å². The first kappa shape index (κ1) is 11.1. The van der Waals surface area contributed by atoms with Gasteiger partial charge in [0.25, 0.3) is 0 Å². The van der Waals surface area contributed by atoms with Crippen molar-refractivity contribution >= 4 is 5.97 Å². The first-order chi connectivity index (χ1) is 7.72. The third-order valence-corrected chi connectivity index (χ3v) is 2.90. The minimum atomic E-state index is -0.919. The summed E-state index contributed by atoms with van der Waals surface area (Å²) in [5.41, 5.74) is 1.11. The van der Waals surface area contributed by atoms with Crippen molar-refractivity contribution in [3.63, 3.8) is 0 Å². The fourth-order valence-corrected chi connectivity index (χ4v) is 2.02. The molecule has 5 nitrogen and oxygen atoms in total. The van der Waals surface area contributed by atoms with E-state index in [1.165, 1.54) is 4.68 Å². The summed E-state index contributed by atoms with van der Waals surface area (Å²) in [5.74, 6) is -0.669. The number of carbonyl (C=O) groups is 1. The minimum absolute atomic E-state index is 0.250. The molecule has 0 spiro atoms. The molecule has 1 fully saturated rings. The van der Waals surface area contributed by atoms with E-state index in [2.05, 4.69) is 5.10 Å². The van der Waals surface area contributed by atoms with Gasteiger partial charge in [0.2, 0.25) is 0 Å². The second kappa shape index (κ2) is 4.65. The van der Waals surface area contributed by atoms with Gasteiger partial charge < -0.3 is 9.84 Å². The van der Waals surface area contributed by atoms with E-state index >= 15 is 0 Å². The van der Waals surface area contributed by atoms with Gasteiger partial charge in [-0.25, -0.2) is 4.79 Å². The van der Waals surface area contributed by atoms with Gasteiger partial charge in [0, 0.05) is 19.1 Å². The smallest absolute Gasteiger partial charge is 0.354 e. The van der Waals surface area contributed by atoms with E-state index in [1.54, 1.807) is 6.07 Å². The van der Waals surface area contributed by atoms with Crippen LogP contribution < -0.4 is 0 Å². The Balaban J connectivity index is 2.24. The Labute approximate surface area is 94.0 Å². The number of hydrogen-bond donors (Lipinski definition) is 1. The summed E-state index contributed by atoms with van der Waals surface area (Å²) in [6.07, 6.45) is 2.05. The number of carboxylic acid groups (broad SMARTS) is 1. The Morgan fingerprint density at radius 1 is 1.75 bits per heavy atom. The summed E-state index contributed by atoms with van der Waals surface area (Å²) >= 11 is 0. The van der Waals surface area contributed by atoms with Crippen LogP contribution in [-0.2, 0) is 11.3 Å². The molecule has 1 aliphatic rings. The van der Waals surface area contributed by atoms with Gasteiger partial charge in [-0.15, -0.1) is 0 Å². The van der Waals surface area contributed by atoms with Gasteiger partial charge in [-0.05, 0) is 25.8 Å². The third-order valence-electron chi connectivity index (χ3n) is 2.90. The molecule has 1 unspecified atom stereocenters. The van der Waals surface area contributed by atoms with Crippen molar-refractivity contribution in [2.45, 2.75) is 32.2 Å². The van der Waals surface area contributed by atoms with Gasteiger partial charge >= 0.3 is 5.97 Å². The molecule has 0 amide bonds. The van der Waals surface area contributed by atoms with Gasteiger partial charge in [-0.2, -0.15) is 5.10 Å². The zero-order chi connectivity index (χ0) is 11.5. The number of hydrogen-bond acceptors (Lipinski definition) is 3. The van der Waals surface area contributed by atoms with E-state index in [0.29, 0.717) is 13.2 Å². The lowest BCUT2D eigenvalue weighted by molar-refractivity contribution is 0.0683. The lowest BCUT2D eigenvalue weighted by Crippen LogP contribution is -2.16. The second-order valence-corrected chi connectivity index (χ2v) is 3.99. The fraction of sp³-hybridized carbons (Fsp3) is 0.636.